The van der Waals surface area contributed by atoms with Crippen LogP contribution in [0.1, 0.15) is 24.3 Å². The predicted octanol–water partition coefficient (Wildman–Crippen LogP) is 1.36. The largest absolute Gasteiger partial charge is 0.371 e. The molecule has 1 atom stereocenters. The number of hydrogen-bond donors (Lipinski definition) is 0. The van der Waals surface area contributed by atoms with Crippen molar-refractivity contribution in [3.8, 4) is 0 Å². The van der Waals surface area contributed by atoms with Gasteiger partial charge in [0.2, 0.25) is 10.0 Å². The van der Waals surface area contributed by atoms with Gasteiger partial charge >= 0.3 is 0 Å². The van der Waals surface area contributed by atoms with Crippen LogP contribution >= 0.6 is 11.6 Å². The van der Waals surface area contributed by atoms with E-state index in [0.717, 1.165) is 12.1 Å². The fourth-order valence-corrected chi connectivity index (χ4v) is 4.93. The van der Waals surface area contributed by atoms with Crippen LogP contribution in [0.2, 0.25) is 5.15 Å². The molecule has 24 heavy (non-hydrogen) atoms. The molecule has 1 saturated heterocycles. The van der Waals surface area contributed by atoms with Gasteiger partial charge in [-0.2, -0.15) is 14.5 Å². The van der Waals surface area contributed by atoms with Crippen molar-refractivity contribution in [2.24, 2.45) is 7.05 Å². The van der Waals surface area contributed by atoms with Gasteiger partial charge < -0.3 is 4.74 Å². The van der Waals surface area contributed by atoms with Crippen LogP contribution in [0.15, 0.2) is 17.3 Å². The Balaban J connectivity index is 1.88. The molecule has 8 nitrogen and oxygen atoms in total. The molecule has 0 saturated carbocycles. The van der Waals surface area contributed by atoms with Gasteiger partial charge in [-0.1, -0.05) is 11.6 Å². The number of aryl methyl sites for hydroxylation is 3. The molecule has 132 valence electrons. The third kappa shape index (κ3) is 2.97. The van der Waals surface area contributed by atoms with Gasteiger partial charge in [-0.3, -0.25) is 9.36 Å². The summed E-state index contributed by atoms with van der Waals surface area (Å²) in [5.74, 6) is 0. The number of hydrogen-bond acceptors (Lipinski definition) is 5. The fraction of sp³-hybridized carbons (Fsp3) is 0.571. The normalized spacial score (nSPS) is 19.8. The molecule has 0 bridgehead atoms. The molecule has 0 spiro atoms. The van der Waals surface area contributed by atoms with Crippen LogP contribution in [0.4, 0.5) is 0 Å². The van der Waals surface area contributed by atoms with Gasteiger partial charge in [0.1, 0.15) is 10.0 Å². The number of nitrogens with zero attached hydrogens (tertiary/aromatic N) is 5. The van der Waals surface area contributed by atoms with Gasteiger partial charge in [0.25, 0.3) is 0 Å². The molecular formula is C14H20ClN5O3S. The van der Waals surface area contributed by atoms with E-state index in [4.69, 9.17) is 16.3 Å². The summed E-state index contributed by atoms with van der Waals surface area (Å²) >= 11 is 6.14. The fourth-order valence-electron chi connectivity index (χ4n) is 2.80. The Hall–Kier alpha value is -1.42. The maximum atomic E-state index is 13.0. The Labute approximate surface area is 146 Å². The van der Waals surface area contributed by atoms with Crippen LogP contribution in [0.25, 0.3) is 0 Å². The monoisotopic (exact) mass is 373 g/mol. The average molecular weight is 374 g/mol. The first-order valence-corrected chi connectivity index (χ1v) is 9.49. The van der Waals surface area contributed by atoms with Crippen molar-refractivity contribution in [1.82, 2.24) is 23.9 Å². The molecule has 0 aliphatic carbocycles. The van der Waals surface area contributed by atoms with Crippen molar-refractivity contribution in [2.75, 3.05) is 19.7 Å². The van der Waals surface area contributed by atoms with Gasteiger partial charge in [-0.15, -0.1) is 0 Å². The molecule has 1 fully saturated rings. The van der Waals surface area contributed by atoms with Gasteiger partial charge in [-0.25, -0.2) is 8.42 Å². The van der Waals surface area contributed by atoms with E-state index in [1.807, 2.05) is 13.1 Å². The first kappa shape index (κ1) is 17.4. The van der Waals surface area contributed by atoms with E-state index in [9.17, 15) is 8.42 Å². The Morgan fingerprint density at radius 1 is 1.46 bits per heavy atom. The summed E-state index contributed by atoms with van der Waals surface area (Å²) in [6, 6.07) is 0. The third-order valence-corrected chi connectivity index (χ3v) is 6.64. The van der Waals surface area contributed by atoms with Crippen LogP contribution in [-0.4, -0.2) is 52.0 Å². The van der Waals surface area contributed by atoms with Crippen LogP contribution in [0, 0.1) is 6.92 Å². The lowest BCUT2D eigenvalue weighted by Crippen LogP contribution is -2.42. The summed E-state index contributed by atoms with van der Waals surface area (Å²) in [4.78, 5) is 0.0663. The molecule has 3 heterocycles. The van der Waals surface area contributed by atoms with Crippen molar-refractivity contribution in [3.05, 3.63) is 28.8 Å². The first-order chi connectivity index (χ1) is 11.3. The summed E-state index contributed by atoms with van der Waals surface area (Å²) in [5.41, 5.74) is 1.26. The van der Waals surface area contributed by atoms with Gasteiger partial charge in [-0.05, 0) is 13.8 Å². The average Bonchev–Trinajstić information content (AvgIpc) is 3.13. The Morgan fingerprint density at radius 2 is 2.21 bits per heavy atom. The Morgan fingerprint density at radius 3 is 2.79 bits per heavy atom. The van der Waals surface area contributed by atoms with E-state index in [1.54, 1.807) is 24.9 Å². The van der Waals surface area contributed by atoms with E-state index in [2.05, 4.69) is 10.2 Å². The number of ether oxygens (including phenoxy) is 1. The SMILES string of the molecule is CCn1cc([C@@H]2CN(S(=O)(=O)c3c(C)nn(C)c3Cl)CCO2)cn1. The zero-order valence-corrected chi connectivity index (χ0v) is 15.4. The Kier molecular flexibility index (Phi) is 4.69. The lowest BCUT2D eigenvalue weighted by Gasteiger charge is -2.31. The summed E-state index contributed by atoms with van der Waals surface area (Å²) in [6.07, 6.45) is 3.25. The molecule has 2 aromatic heterocycles. The van der Waals surface area contributed by atoms with E-state index >= 15 is 0 Å². The highest BCUT2D eigenvalue weighted by Crippen LogP contribution is 2.31. The molecule has 1 aliphatic heterocycles. The Bertz CT molecular complexity index is 845. The standard InChI is InChI=1S/C14H20ClN5O3S/c1-4-19-8-11(7-16-19)12-9-20(5-6-23-12)24(21,22)13-10(2)17-18(3)14(13)15/h7-8,12H,4-6,9H2,1-3H3/t12-/m0/s1. The van der Waals surface area contributed by atoms with Crippen LogP contribution in [0.3, 0.4) is 0 Å². The van der Waals surface area contributed by atoms with Crippen molar-refractivity contribution in [3.63, 3.8) is 0 Å². The summed E-state index contributed by atoms with van der Waals surface area (Å²) in [6.45, 7) is 5.20. The molecular weight excluding hydrogens is 354 g/mol. The molecule has 0 aromatic carbocycles. The number of rotatable bonds is 4. The topological polar surface area (TPSA) is 82.2 Å². The molecule has 0 unspecified atom stereocenters. The predicted molar refractivity (Wildman–Crippen MR) is 88.3 cm³/mol. The number of morpholine rings is 1. The van der Waals surface area contributed by atoms with E-state index < -0.39 is 10.0 Å². The highest BCUT2D eigenvalue weighted by atomic mass is 35.5. The van der Waals surface area contributed by atoms with E-state index in [0.29, 0.717) is 12.3 Å². The summed E-state index contributed by atoms with van der Waals surface area (Å²) in [7, 11) is -2.11. The molecule has 0 N–H and O–H groups in total. The molecule has 0 amide bonds. The maximum Gasteiger partial charge on any atom is 0.248 e. The van der Waals surface area contributed by atoms with Crippen molar-refractivity contribution >= 4 is 21.6 Å². The quantitative estimate of drug-likeness (QED) is 0.808. The van der Waals surface area contributed by atoms with Crippen LogP contribution in [-0.2, 0) is 28.4 Å². The molecule has 0 radical (unpaired) electrons. The minimum Gasteiger partial charge on any atom is -0.371 e. The highest BCUT2D eigenvalue weighted by molar-refractivity contribution is 7.89. The summed E-state index contributed by atoms with van der Waals surface area (Å²) in [5, 5.41) is 8.44. The molecule has 10 heteroatoms. The minimum absolute atomic E-state index is 0.0663. The van der Waals surface area contributed by atoms with Gasteiger partial charge in [0, 0.05) is 38.4 Å². The van der Waals surface area contributed by atoms with Crippen LogP contribution < -0.4 is 0 Å². The smallest absolute Gasteiger partial charge is 0.248 e. The second-order valence-corrected chi connectivity index (χ2v) is 7.91. The van der Waals surface area contributed by atoms with Crippen molar-refractivity contribution in [1.29, 1.82) is 0 Å². The van der Waals surface area contributed by atoms with E-state index in [-0.39, 0.29) is 29.2 Å². The molecule has 2 aromatic rings. The molecule has 1 aliphatic rings. The zero-order valence-electron chi connectivity index (χ0n) is 13.8. The second-order valence-electron chi connectivity index (χ2n) is 5.68. The van der Waals surface area contributed by atoms with Crippen LogP contribution in [0.5, 0.6) is 0 Å². The number of sulfonamides is 1. The lowest BCUT2D eigenvalue weighted by molar-refractivity contribution is -0.00261. The maximum absolute atomic E-state index is 13.0. The third-order valence-electron chi connectivity index (χ3n) is 4.08. The number of halogens is 1. The lowest BCUT2D eigenvalue weighted by atomic mass is 10.2. The summed E-state index contributed by atoms with van der Waals surface area (Å²) < 4.78 is 36.3. The molecule has 3 rings (SSSR count). The van der Waals surface area contributed by atoms with Gasteiger partial charge in [0.15, 0.2) is 0 Å². The number of aromatic nitrogens is 4. The van der Waals surface area contributed by atoms with E-state index in [1.165, 1.54) is 8.99 Å². The first-order valence-electron chi connectivity index (χ1n) is 7.67. The van der Waals surface area contributed by atoms with Gasteiger partial charge in [0.05, 0.1) is 24.6 Å². The second kappa shape index (κ2) is 6.47. The van der Waals surface area contributed by atoms with Crippen molar-refractivity contribution < 1.29 is 13.2 Å². The zero-order chi connectivity index (χ0) is 17.5. The highest BCUT2D eigenvalue weighted by Gasteiger charge is 2.35. The van der Waals surface area contributed by atoms with Crippen molar-refractivity contribution in [2.45, 2.75) is 31.4 Å². The minimum atomic E-state index is -3.73.